The second-order valence-electron chi connectivity index (χ2n) is 6.57. The normalized spacial score (nSPS) is 19.8. The molecular formula is C20H25N3O3. The number of allylic oxidation sites excluding steroid dienone is 1. The molecule has 138 valence electrons. The number of hydrogen-bond donors (Lipinski definition) is 1. The van der Waals surface area contributed by atoms with Gasteiger partial charge >= 0.3 is 0 Å². The van der Waals surface area contributed by atoms with Gasteiger partial charge in [0.1, 0.15) is 24.4 Å². The quantitative estimate of drug-likeness (QED) is 0.769. The molecule has 0 fully saturated rings. The lowest BCUT2D eigenvalue weighted by Crippen LogP contribution is -2.39. The standard InChI is InChI=1S/C20H25N3O3/c1-14-12-20(2,21-3)8-7-18(14)26-19-16-6-5-15(25-10-9-24-4)11-17(16)22-13-23-19/h5-7,11-13,21H,8-10H2,1-4H3. The third-order valence-corrected chi connectivity index (χ3v) is 4.54. The molecule has 0 spiro atoms. The zero-order chi connectivity index (χ0) is 18.6. The minimum Gasteiger partial charge on any atom is -0.491 e. The number of likely N-dealkylation sites (N-methyl/N-ethyl adjacent to an activating group) is 1. The van der Waals surface area contributed by atoms with Gasteiger partial charge in [-0.15, -0.1) is 0 Å². The third kappa shape index (κ3) is 4.03. The van der Waals surface area contributed by atoms with Crippen LogP contribution in [0.2, 0.25) is 0 Å². The third-order valence-electron chi connectivity index (χ3n) is 4.54. The van der Waals surface area contributed by atoms with Crippen LogP contribution in [0.1, 0.15) is 20.3 Å². The van der Waals surface area contributed by atoms with Crippen LogP contribution in [0.15, 0.2) is 48.0 Å². The predicted octanol–water partition coefficient (Wildman–Crippen LogP) is 3.25. The van der Waals surface area contributed by atoms with Crippen LogP contribution in [0.25, 0.3) is 10.9 Å². The summed E-state index contributed by atoms with van der Waals surface area (Å²) in [5.41, 5.74) is 1.82. The van der Waals surface area contributed by atoms with Gasteiger partial charge in [0.05, 0.1) is 17.5 Å². The Morgan fingerprint density at radius 3 is 2.81 bits per heavy atom. The van der Waals surface area contributed by atoms with Crippen LogP contribution in [0.5, 0.6) is 11.6 Å². The molecular weight excluding hydrogens is 330 g/mol. The van der Waals surface area contributed by atoms with Crippen LogP contribution in [0, 0.1) is 0 Å². The van der Waals surface area contributed by atoms with Gasteiger partial charge < -0.3 is 19.5 Å². The van der Waals surface area contributed by atoms with Gasteiger partial charge in [-0.1, -0.05) is 6.08 Å². The van der Waals surface area contributed by atoms with E-state index >= 15 is 0 Å². The number of benzene rings is 1. The maximum atomic E-state index is 6.11. The van der Waals surface area contributed by atoms with Gasteiger partial charge in [0.2, 0.25) is 5.88 Å². The lowest BCUT2D eigenvalue weighted by molar-refractivity contribution is 0.146. The summed E-state index contributed by atoms with van der Waals surface area (Å²) in [4.78, 5) is 8.65. The zero-order valence-corrected chi connectivity index (χ0v) is 15.7. The van der Waals surface area contributed by atoms with Crippen LogP contribution in [-0.4, -0.2) is 42.9 Å². The second kappa shape index (κ2) is 7.85. The van der Waals surface area contributed by atoms with Crippen LogP contribution < -0.4 is 14.8 Å². The van der Waals surface area contributed by atoms with Crippen LogP contribution in [-0.2, 0) is 4.74 Å². The molecule has 1 aromatic heterocycles. The van der Waals surface area contributed by atoms with Crippen LogP contribution in [0.4, 0.5) is 0 Å². The van der Waals surface area contributed by atoms with Crippen molar-refractivity contribution in [3.63, 3.8) is 0 Å². The number of fused-ring (bicyclic) bond motifs is 1. The largest absolute Gasteiger partial charge is 0.491 e. The van der Waals surface area contributed by atoms with Crippen molar-refractivity contribution in [2.45, 2.75) is 25.8 Å². The number of ether oxygens (including phenoxy) is 3. The predicted molar refractivity (Wildman–Crippen MR) is 101 cm³/mol. The molecule has 1 aliphatic carbocycles. The molecule has 0 radical (unpaired) electrons. The number of nitrogens with one attached hydrogen (secondary N) is 1. The number of methoxy groups -OCH3 is 1. The average molecular weight is 355 g/mol. The van der Waals surface area contributed by atoms with Crippen molar-refractivity contribution in [3.8, 4) is 11.6 Å². The molecule has 0 bridgehead atoms. The smallest absolute Gasteiger partial charge is 0.230 e. The summed E-state index contributed by atoms with van der Waals surface area (Å²) in [6.07, 6.45) is 6.66. The molecule has 1 aliphatic rings. The molecule has 0 amide bonds. The van der Waals surface area contributed by atoms with E-state index in [9.17, 15) is 0 Å². The van der Waals surface area contributed by atoms with E-state index in [4.69, 9.17) is 14.2 Å². The van der Waals surface area contributed by atoms with E-state index in [0.29, 0.717) is 19.1 Å². The highest BCUT2D eigenvalue weighted by Gasteiger charge is 2.24. The van der Waals surface area contributed by atoms with Gasteiger partial charge in [0.15, 0.2) is 0 Å². The van der Waals surface area contributed by atoms with E-state index in [0.717, 1.165) is 34.4 Å². The number of aromatic nitrogens is 2. The highest BCUT2D eigenvalue weighted by molar-refractivity contribution is 5.84. The Labute approximate surface area is 153 Å². The fraction of sp³-hybridized carbons (Fsp3) is 0.400. The SMILES string of the molecule is CNC1(C)C=C(C)C(Oc2ncnc3cc(OCCOC)ccc23)=CC1. The first kappa shape index (κ1) is 18.4. The summed E-state index contributed by atoms with van der Waals surface area (Å²) < 4.78 is 16.8. The molecule has 0 saturated carbocycles. The first-order valence-electron chi connectivity index (χ1n) is 8.68. The van der Waals surface area contributed by atoms with Gasteiger partial charge in [-0.25, -0.2) is 9.97 Å². The highest BCUT2D eigenvalue weighted by Crippen LogP contribution is 2.31. The van der Waals surface area contributed by atoms with Crippen molar-refractivity contribution in [1.29, 1.82) is 0 Å². The molecule has 0 saturated heterocycles. The van der Waals surface area contributed by atoms with Gasteiger partial charge in [-0.2, -0.15) is 0 Å². The Balaban J connectivity index is 1.82. The Morgan fingerprint density at radius 1 is 1.23 bits per heavy atom. The first-order chi connectivity index (χ1) is 12.5. The maximum Gasteiger partial charge on any atom is 0.230 e. The van der Waals surface area contributed by atoms with E-state index in [1.54, 1.807) is 7.11 Å². The van der Waals surface area contributed by atoms with Gasteiger partial charge in [0, 0.05) is 18.7 Å². The topological polar surface area (TPSA) is 65.5 Å². The number of rotatable bonds is 7. The fourth-order valence-corrected chi connectivity index (χ4v) is 2.90. The zero-order valence-electron chi connectivity index (χ0n) is 15.7. The van der Waals surface area contributed by atoms with Crippen molar-refractivity contribution in [3.05, 3.63) is 48.0 Å². The van der Waals surface area contributed by atoms with E-state index in [1.807, 2.05) is 32.2 Å². The summed E-state index contributed by atoms with van der Waals surface area (Å²) >= 11 is 0. The summed E-state index contributed by atoms with van der Waals surface area (Å²) in [5, 5.41) is 4.18. The number of nitrogens with zero attached hydrogens (tertiary/aromatic N) is 2. The van der Waals surface area contributed by atoms with E-state index in [-0.39, 0.29) is 5.54 Å². The lowest BCUT2D eigenvalue weighted by Gasteiger charge is -2.29. The Hall–Kier alpha value is -2.44. The molecule has 1 heterocycles. The maximum absolute atomic E-state index is 6.11. The molecule has 1 aromatic carbocycles. The van der Waals surface area contributed by atoms with Crippen LogP contribution >= 0.6 is 0 Å². The lowest BCUT2D eigenvalue weighted by atomic mass is 9.90. The monoisotopic (exact) mass is 355 g/mol. The summed E-state index contributed by atoms with van der Waals surface area (Å²) in [6.45, 7) is 5.25. The Kier molecular flexibility index (Phi) is 5.54. The van der Waals surface area contributed by atoms with E-state index in [1.165, 1.54) is 6.33 Å². The summed E-state index contributed by atoms with van der Waals surface area (Å²) in [5.74, 6) is 2.13. The minimum atomic E-state index is -0.0425. The van der Waals surface area contributed by atoms with E-state index < -0.39 is 0 Å². The first-order valence-corrected chi connectivity index (χ1v) is 8.68. The second-order valence-corrected chi connectivity index (χ2v) is 6.57. The van der Waals surface area contributed by atoms with Crippen molar-refractivity contribution in [1.82, 2.24) is 15.3 Å². The Morgan fingerprint density at radius 2 is 2.08 bits per heavy atom. The molecule has 1 unspecified atom stereocenters. The van der Waals surface area contributed by atoms with E-state index in [2.05, 4.69) is 34.4 Å². The molecule has 6 heteroatoms. The van der Waals surface area contributed by atoms with Crippen molar-refractivity contribution in [2.24, 2.45) is 0 Å². The highest BCUT2D eigenvalue weighted by atomic mass is 16.5. The summed E-state index contributed by atoms with van der Waals surface area (Å²) in [6, 6.07) is 5.70. The van der Waals surface area contributed by atoms with Crippen molar-refractivity contribution in [2.75, 3.05) is 27.4 Å². The van der Waals surface area contributed by atoms with Gasteiger partial charge in [0.25, 0.3) is 0 Å². The molecule has 1 atom stereocenters. The molecule has 6 nitrogen and oxygen atoms in total. The van der Waals surface area contributed by atoms with Gasteiger partial charge in [-0.05, 0) is 51.1 Å². The summed E-state index contributed by atoms with van der Waals surface area (Å²) in [7, 11) is 3.61. The number of hydrogen-bond acceptors (Lipinski definition) is 6. The average Bonchev–Trinajstić information content (AvgIpc) is 2.64. The molecule has 3 rings (SSSR count). The molecule has 2 aromatic rings. The fourth-order valence-electron chi connectivity index (χ4n) is 2.90. The van der Waals surface area contributed by atoms with Crippen molar-refractivity contribution >= 4 is 10.9 Å². The molecule has 1 N–H and O–H groups in total. The van der Waals surface area contributed by atoms with Gasteiger partial charge in [-0.3, -0.25) is 0 Å². The Bertz CT molecular complexity index is 847. The molecule has 26 heavy (non-hydrogen) atoms. The van der Waals surface area contributed by atoms with Crippen LogP contribution in [0.3, 0.4) is 0 Å². The molecule has 0 aliphatic heterocycles. The van der Waals surface area contributed by atoms with Crippen molar-refractivity contribution < 1.29 is 14.2 Å². The minimum absolute atomic E-state index is 0.0425.